The van der Waals surface area contributed by atoms with Gasteiger partial charge in [0.15, 0.2) is 6.39 Å². The number of carbonyl (C=O) groups is 1. The van der Waals surface area contributed by atoms with Crippen molar-refractivity contribution in [1.82, 2.24) is 4.98 Å². The number of amides is 1. The normalized spacial score (nSPS) is 10.3. The monoisotopic (exact) mass is 278 g/mol. The van der Waals surface area contributed by atoms with Crippen LogP contribution < -0.4 is 4.90 Å². The summed E-state index contributed by atoms with van der Waals surface area (Å²) in [6, 6.07) is 19.4. The van der Waals surface area contributed by atoms with Gasteiger partial charge < -0.3 is 9.32 Å². The van der Waals surface area contributed by atoms with Crippen LogP contribution in [-0.4, -0.2) is 10.9 Å². The van der Waals surface area contributed by atoms with E-state index in [9.17, 15) is 4.79 Å². The molecule has 0 bridgehead atoms. The summed E-state index contributed by atoms with van der Waals surface area (Å²) < 4.78 is 5.13. The molecule has 0 saturated heterocycles. The summed E-state index contributed by atoms with van der Waals surface area (Å²) in [5.74, 6) is 0.0253. The summed E-state index contributed by atoms with van der Waals surface area (Å²) in [7, 11) is 0. The SMILES string of the molecule is O=C(c1cnco1)N(Cc1ccccc1)c1ccccc1. The molecular weight excluding hydrogens is 264 g/mol. The van der Waals surface area contributed by atoms with Crippen molar-refractivity contribution in [3.05, 3.63) is 84.6 Å². The summed E-state index contributed by atoms with van der Waals surface area (Å²) in [5.41, 5.74) is 1.87. The summed E-state index contributed by atoms with van der Waals surface area (Å²) in [5, 5.41) is 0. The maximum atomic E-state index is 12.6. The first-order valence-corrected chi connectivity index (χ1v) is 6.64. The van der Waals surface area contributed by atoms with E-state index in [0.717, 1.165) is 11.3 Å². The quantitative estimate of drug-likeness (QED) is 0.733. The lowest BCUT2D eigenvalue weighted by Crippen LogP contribution is -2.30. The minimum Gasteiger partial charge on any atom is -0.438 e. The van der Waals surface area contributed by atoms with E-state index in [0.29, 0.717) is 6.54 Å². The first-order valence-electron chi connectivity index (χ1n) is 6.64. The van der Waals surface area contributed by atoms with Crippen LogP contribution in [0.2, 0.25) is 0 Å². The van der Waals surface area contributed by atoms with Crippen LogP contribution in [0, 0.1) is 0 Å². The van der Waals surface area contributed by atoms with Crippen LogP contribution in [-0.2, 0) is 6.54 Å². The van der Waals surface area contributed by atoms with Crippen LogP contribution >= 0.6 is 0 Å². The molecule has 3 aromatic rings. The zero-order valence-electron chi connectivity index (χ0n) is 11.3. The van der Waals surface area contributed by atoms with Crippen molar-refractivity contribution < 1.29 is 9.21 Å². The van der Waals surface area contributed by atoms with E-state index in [2.05, 4.69) is 4.98 Å². The number of benzene rings is 2. The molecule has 4 heteroatoms. The molecule has 104 valence electrons. The van der Waals surface area contributed by atoms with E-state index in [1.165, 1.54) is 12.6 Å². The molecule has 0 unspecified atom stereocenters. The molecule has 0 radical (unpaired) electrons. The number of para-hydroxylation sites is 1. The second kappa shape index (κ2) is 6.05. The van der Waals surface area contributed by atoms with Crippen LogP contribution in [0.4, 0.5) is 5.69 Å². The highest BCUT2D eigenvalue weighted by atomic mass is 16.3. The molecule has 1 aromatic heterocycles. The molecule has 0 N–H and O–H groups in total. The molecule has 0 saturated carbocycles. The molecule has 21 heavy (non-hydrogen) atoms. The number of nitrogens with zero attached hydrogens (tertiary/aromatic N) is 2. The second-order valence-electron chi connectivity index (χ2n) is 4.58. The standard InChI is InChI=1S/C17H14N2O2/c20-17(16-11-18-13-21-16)19(15-9-5-2-6-10-15)12-14-7-3-1-4-8-14/h1-11,13H,12H2. The molecule has 0 atom stereocenters. The molecule has 2 aromatic carbocycles. The van der Waals surface area contributed by atoms with Crippen molar-refractivity contribution in [3.8, 4) is 0 Å². The van der Waals surface area contributed by atoms with Crippen LogP contribution in [0.3, 0.4) is 0 Å². The van der Waals surface area contributed by atoms with Gasteiger partial charge in [-0.2, -0.15) is 0 Å². The van der Waals surface area contributed by atoms with Gasteiger partial charge >= 0.3 is 0 Å². The Morgan fingerprint density at radius 3 is 2.29 bits per heavy atom. The molecular formula is C17H14N2O2. The lowest BCUT2D eigenvalue weighted by atomic mass is 10.2. The van der Waals surface area contributed by atoms with Crippen molar-refractivity contribution in [2.75, 3.05) is 4.90 Å². The van der Waals surface area contributed by atoms with Crippen molar-refractivity contribution in [2.45, 2.75) is 6.54 Å². The Balaban J connectivity index is 1.93. The minimum atomic E-state index is -0.206. The average Bonchev–Trinajstić information content (AvgIpc) is 3.08. The molecule has 3 rings (SSSR count). The average molecular weight is 278 g/mol. The van der Waals surface area contributed by atoms with E-state index in [4.69, 9.17) is 4.42 Å². The highest BCUT2D eigenvalue weighted by Crippen LogP contribution is 2.19. The molecule has 1 amide bonds. The third-order valence-corrected chi connectivity index (χ3v) is 3.14. The molecule has 0 fully saturated rings. The number of hydrogen-bond donors (Lipinski definition) is 0. The molecule has 1 heterocycles. The smallest absolute Gasteiger partial charge is 0.295 e. The van der Waals surface area contributed by atoms with Crippen LogP contribution in [0.15, 0.2) is 77.7 Å². The summed E-state index contributed by atoms with van der Waals surface area (Å²) in [6.45, 7) is 0.477. The van der Waals surface area contributed by atoms with Crippen molar-refractivity contribution in [3.63, 3.8) is 0 Å². The van der Waals surface area contributed by atoms with Gasteiger partial charge in [0.2, 0.25) is 5.76 Å². The summed E-state index contributed by atoms with van der Waals surface area (Å²) in [4.78, 5) is 18.1. The van der Waals surface area contributed by atoms with Gasteiger partial charge in [-0.3, -0.25) is 4.79 Å². The largest absolute Gasteiger partial charge is 0.438 e. The Bertz CT molecular complexity index is 694. The zero-order chi connectivity index (χ0) is 14.5. The number of carbonyl (C=O) groups excluding carboxylic acids is 1. The van der Waals surface area contributed by atoms with Gasteiger partial charge in [0.1, 0.15) is 0 Å². The zero-order valence-corrected chi connectivity index (χ0v) is 11.3. The lowest BCUT2D eigenvalue weighted by molar-refractivity contribution is 0.0958. The van der Waals surface area contributed by atoms with Crippen LogP contribution in [0.5, 0.6) is 0 Å². The number of rotatable bonds is 4. The van der Waals surface area contributed by atoms with Gasteiger partial charge in [-0.1, -0.05) is 48.5 Å². The first kappa shape index (κ1) is 13.1. The number of oxazole rings is 1. The highest BCUT2D eigenvalue weighted by molar-refractivity contribution is 6.03. The Morgan fingerprint density at radius 1 is 1.00 bits per heavy atom. The number of hydrogen-bond acceptors (Lipinski definition) is 3. The molecule has 0 spiro atoms. The number of anilines is 1. The van der Waals surface area contributed by atoms with Gasteiger partial charge in [-0.25, -0.2) is 4.98 Å². The molecule has 0 aliphatic carbocycles. The van der Waals surface area contributed by atoms with E-state index in [-0.39, 0.29) is 11.7 Å². The maximum Gasteiger partial charge on any atom is 0.295 e. The van der Waals surface area contributed by atoms with Gasteiger partial charge in [0, 0.05) is 5.69 Å². The van der Waals surface area contributed by atoms with E-state index in [1.807, 2.05) is 60.7 Å². The Morgan fingerprint density at radius 2 is 1.67 bits per heavy atom. The fraction of sp³-hybridized carbons (Fsp3) is 0.0588. The Kier molecular flexibility index (Phi) is 3.78. The molecule has 0 aliphatic rings. The second-order valence-corrected chi connectivity index (χ2v) is 4.58. The Hall–Kier alpha value is -2.88. The van der Waals surface area contributed by atoms with Gasteiger partial charge in [0.05, 0.1) is 12.7 Å². The van der Waals surface area contributed by atoms with Crippen molar-refractivity contribution >= 4 is 11.6 Å². The lowest BCUT2D eigenvalue weighted by Gasteiger charge is -2.21. The maximum absolute atomic E-state index is 12.6. The van der Waals surface area contributed by atoms with Gasteiger partial charge in [-0.05, 0) is 17.7 Å². The third-order valence-electron chi connectivity index (χ3n) is 3.14. The molecule has 0 aliphatic heterocycles. The van der Waals surface area contributed by atoms with Crippen molar-refractivity contribution in [2.24, 2.45) is 0 Å². The predicted molar refractivity (Wildman–Crippen MR) is 79.9 cm³/mol. The summed E-state index contributed by atoms with van der Waals surface area (Å²) in [6.07, 6.45) is 2.70. The van der Waals surface area contributed by atoms with E-state index < -0.39 is 0 Å². The number of aromatic nitrogens is 1. The Labute approximate surface area is 122 Å². The topological polar surface area (TPSA) is 46.3 Å². The third kappa shape index (κ3) is 3.00. The first-order chi connectivity index (χ1) is 10.3. The summed E-state index contributed by atoms with van der Waals surface area (Å²) >= 11 is 0. The van der Waals surface area contributed by atoms with Crippen LogP contribution in [0.25, 0.3) is 0 Å². The van der Waals surface area contributed by atoms with Gasteiger partial charge in [-0.15, -0.1) is 0 Å². The molecule has 4 nitrogen and oxygen atoms in total. The minimum absolute atomic E-state index is 0.206. The fourth-order valence-corrected chi connectivity index (χ4v) is 2.11. The fourth-order valence-electron chi connectivity index (χ4n) is 2.11. The van der Waals surface area contributed by atoms with Crippen molar-refractivity contribution in [1.29, 1.82) is 0 Å². The van der Waals surface area contributed by atoms with Crippen LogP contribution in [0.1, 0.15) is 16.1 Å². The van der Waals surface area contributed by atoms with E-state index >= 15 is 0 Å². The highest BCUT2D eigenvalue weighted by Gasteiger charge is 2.20. The van der Waals surface area contributed by atoms with E-state index in [1.54, 1.807) is 4.90 Å². The van der Waals surface area contributed by atoms with Gasteiger partial charge in [0.25, 0.3) is 5.91 Å². The predicted octanol–water partition coefficient (Wildman–Crippen LogP) is 3.52.